The number of benzene rings is 1. The predicted molar refractivity (Wildman–Crippen MR) is 122 cm³/mol. The van der Waals surface area contributed by atoms with Crippen molar-refractivity contribution in [3.63, 3.8) is 0 Å². The van der Waals surface area contributed by atoms with Gasteiger partial charge in [-0.15, -0.1) is 24.0 Å². The third-order valence-electron chi connectivity index (χ3n) is 4.61. The fourth-order valence-electron chi connectivity index (χ4n) is 3.08. The van der Waals surface area contributed by atoms with Gasteiger partial charge in [0.15, 0.2) is 11.8 Å². The molecule has 0 amide bonds. The van der Waals surface area contributed by atoms with Crippen LogP contribution in [0.25, 0.3) is 0 Å². The van der Waals surface area contributed by atoms with Crippen LogP contribution in [0.5, 0.6) is 0 Å². The fraction of sp³-hybridized carbons (Fsp3) is 0.550. The molecule has 1 unspecified atom stereocenters. The predicted octanol–water partition coefficient (Wildman–Crippen LogP) is 2.72. The van der Waals surface area contributed by atoms with Crippen molar-refractivity contribution in [1.29, 1.82) is 0 Å². The molecule has 2 aromatic rings. The maximum Gasteiger partial charge on any atom is 0.191 e. The topological polar surface area (TPSA) is 76.4 Å². The first kappa shape index (κ1) is 22.6. The van der Waals surface area contributed by atoms with E-state index in [4.69, 9.17) is 4.74 Å². The Hall–Kier alpha value is -1.68. The lowest BCUT2D eigenvalue weighted by Gasteiger charge is -2.25. The highest BCUT2D eigenvalue weighted by atomic mass is 127. The van der Waals surface area contributed by atoms with Crippen LogP contribution >= 0.6 is 24.0 Å². The SMILES string of the molecule is CN=C(NCCOCc1ccccc1)NC1CCc2nc(C(C)C)nn2C1.I. The zero-order chi connectivity index (χ0) is 19.1. The highest BCUT2D eigenvalue weighted by Gasteiger charge is 2.23. The van der Waals surface area contributed by atoms with Crippen LogP contribution in [0, 0.1) is 0 Å². The summed E-state index contributed by atoms with van der Waals surface area (Å²) in [5.41, 5.74) is 1.19. The van der Waals surface area contributed by atoms with Gasteiger partial charge in [0.05, 0.1) is 19.8 Å². The number of nitrogens with zero attached hydrogens (tertiary/aromatic N) is 4. The van der Waals surface area contributed by atoms with E-state index < -0.39 is 0 Å². The second-order valence-corrected chi connectivity index (χ2v) is 7.14. The quantitative estimate of drug-likeness (QED) is 0.266. The van der Waals surface area contributed by atoms with E-state index in [9.17, 15) is 0 Å². The Kier molecular flexibility index (Phi) is 9.17. The van der Waals surface area contributed by atoms with E-state index in [2.05, 4.69) is 51.7 Å². The third-order valence-corrected chi connectivity index (χ3v) is 4.61. The second-order valence-electron chi connectivity index (χ2n) is 7.14. The molecule has 2 N–H and O–H groups in total. The lowest BCUT2D eigenvalue weighted by atomic mass is 10.1. The van der Waals surface area contributed by atoms with Crippen molar-refractivity contribution in [3.8, 4) is 0 Å². The Morgan fingerprint density at radius 3 is 2.82 bits per heavy atom. The average molecular weight is 498 g/mol. The Balaban J connectivity index is 0.00000280. The number of hydrogen-bond donors (Lipinski definition) is 2. The first-order valence-electron chi connectivity index (χ1n) is 9.68. The van der Waals surface area contributed by atoms with E-state index in [1.54, 1.807) is 7.05 Å². The Labute approximate surface area is 184 Å². The van der Waals surface area contributed by atoms with Crippen LogP contribution in [0.4, 0.5) is 0 Å². The standard InChI is InChI=1S/C20H30N6O.HI/c1-15(2)19-24-18-10-9-17(13-26(18)25-19)23-20(21-3)22-11-12-27-14-16-7-5-4-6-8-16;/h4-8,15,17H,9-14H2,1-3H3,(H2,21,22,23);1H. The van der Waals surface area contributed by atoms with Gasteiger partial charge in [0, 0.05) is 32.0 Å². The molecule has 1 aliphatic rings. The summed E-state index contributed by atoms with van der Waals surface area (Å²) in [4.78, 5) is 8.96. The number of ether oxygens (including phenoxy) is 1. The summed E-state index contributed by atoms with van der Waals surface area (Å²) >= 11 is 0. The van der Waals surface area contributed by atoms with Gasteiger partial charge in [0.1, 0.15) is 5.82 Å². The fourth-order valence-corrected chi connectivity index (χ4v) is 3.08. The van der Waals surface area contributed by atoms with Crippen molar-refractivity contribution in [2.24, 2.45) is 4.99 Å². The van der Waals surface area contributed by atoms with Crippen LogP contribution in [-0.4, -0.2) is 47.0 Å². The summed E-state index contributed by atoms with van der Waals surface area (Å²) in [6.07, 6.45) is 1.97. The molecule has 1 aromatic heterocycles. The molecular weight excluding hydrogens is 467 g/mol. The van der Waals surface area contributed by atoms with Crippen molar-refractivity contribution >= 4 is 29.9 Å². The zero-order valence-electron chi connectivity index (χ0n) is 16.9. The van der Waals surface area contributed by atoms with E-state index in [1.165, 1.54) is 5.56 Å². The largest absolute Gasteiger partial charge is 0.375 e. The normalized spacial score (nSPS) is 16.4. The Bertz CT molecular complexity index is 746. The first-order valence-corrected chi connectivity index (χ1v) is 9.68. The van der Waals surface area contributed by atoms with Gasteiger partial charge >= 0.3 is 0 Å². The second kappa shape index (κ2) is 11.4. The molecule has 1 aliphatic heterocycles. The molecule has 0 saturated carbocycles. The number of rotatable bonds is 7. The highest BCUT2D eigenvalue weighted by Crippen LogP contribution is 2.16. The van der Waals surface area contributed by atoms with Crippen molar-refractivity contribution in [1.82, 2.24) is 25.4 Å². The lowest BCUT2D eigenvalue weighted by Crippen LogP contribution is -2.47. The smallest absolute Gasteiger partial charge is 0.191 e. The van der Waals surface area contributed by atoms with E-state index in [0.29, 0.717) is 31.7 Å². The minimum Gasteiger partial charge on any atom is -0.375 e. The molecule has 7 nitrogen and oxygen atoms in total. The zero-order valence-corrected chi connectivity index (χ0v) is 19.2. The summed E-state index contributed by atoms with van der Waals surface area (Å²) in [5.74, 6) is 3.19. The molecule has 3 rings (SSSR count). The van der Waals surface area contributed by atoms with Crippen LogP contribution < -0.4 is 10.6 Å². The molecule has 1 aromatic carbocycles. The molecule has 8 heteroatoms. The summed E-state index contributed by atoms with van der Waals surface area (Å²) in [6.45, 7) is 7.05. The summed E-state index contributed by atoms with van der Waals surface area (Å²) < 4.78 is 7.74. The molecule has 2 heterocycles. The molecular formula is C20H31IN6O. The van der Waals surface area contributed by atoms with Gasteiger partial charge < -0.3 is 15.4 Å². The van der Waals surface area contributed by atoms with Gasteiger partial charge in [-0.25, -0.2) is 9.67 Å². The molecule has 154 valence electrons. The van der Waals surface area contributed by atoms with Gasteiger partial charge in [0.25, 0.3) is 0 Å². The molecule has 0 spiro atoms. The number of aliphatic imine (C=N–C) groups is 1. The Morgan fingerprint density at radius 2 is 2.11 bits per heavy atom. The molecule has 0 fully saturated rings. The van der Waals surface area contributed by atoms with Crippen LogP contribution in [0.1, 0.15) is 43.4 Å². The van der Waals surface area contributed by atoms with Crippen molar-refractivity contribution in [2.45, 2.75) is 51.8 Å². The van der Waals surface area contributed by atoms with E-state index in [0.717, 1.165) is 37.0 Å². The molecule has 0 radical (unpaired) electrons. The number of halogens is 1. The number of aryl methyl sites for hydroxylation is 1. The molecule has 1 atom stereocenters. The number of aromatic nitrogens is 3. The number of hydrogen-bond acceptors (Lipinski definition) is 4. The van der Waals surface area contributed by atoms with Crippen LogP contribution in [0.15, 0.2) is 35.3 Å². The van der Waals surface area contributed by atoms with Crippen LogP contribution in [-0.2, 0) is 24.3 Å². The highest BCUT2D eigenvalue weighted by molar-refractivity contribution is 14.0. The molecule has 0 aliphatic carbocycles. The van der Waals surface area contributed by atoms with Gasteiger partial charge in [-0.05, 0) is 12.0 Å². The van der Waals surface area contributed by atoms with Crippen molar-refractivity contribution < 1.29 is 4.74 Å². The van der Waals surface area contributed by atoms with Gasteiger partial charge in [0.2, 0.25) is 0 Å². The summed E-state index contributed by atoms with van der Waals surface area (Å²) in [7, 11) is 1.79. The monoisotopic (exact) mass is 498 g/mol. The number of guanidine groups is 1. The van der Waals surface area contributed by atoms with Crippen molar-refractivity contribution in [3.05, 3.63) is 47.5 Å². The molecule has 0 saturated heterocycles. The van der Waals surface area contributed by atoms with Crippen LogP contribution in [0.2, 0.25) is 0 Å². The molecule has 28 heavy (non-hydrogen) atoms. The van der Waals surface area contributed by atoms with E-state index in [1.807, 2.05) is 22.9 Å². The van der Waals surface area contributed by atoms with Crippen LogP contribution in [0.3, 0.4) is 0 Å². The van der Waals surface area contributed by atoms with Crippen molar-refractivity contribution in [2.75, 3.05) is 20.2 Å². The lowest BCUT2D eigenvalue weighted by molar-refractivity contribution is 0.125. The number of fused-ring (bicyclic) bond motifs is 1. The van der Waals surface area contributed by atoms with Gasteiger partial charge in [-0.3, -0.25) is 4.99 Å². The first-order chi connectivity index (χ1) is 13.2. The van der Waals surface area contributed by atoms with E-state index >= 15 is 0 Å². The minimum absolute atomic E-state index is 0. The summed E-state index contributed by atoms with van der Waals surface area (Å²) in [6, 6.07) is 10.5. The minimum atomic E-state index is 0. The summed E-state index contributed by atoms with van der Waals surface area (Å²) in [5, 5.41) is 11.4. The maximum atomic E-state index is 5.71. The third kappa shape index (κ3) is 6.44. The van der Waals surface area contributed by atoms with Gasteiger partial charge in [-0.2, -0.15) is 5.10 Å². The molecule has 0 bridgehead atoms. The number of nitrogens with one attached hydrogen (secondary N) is 2. The maximum absolute atomic E-state index is 5.71. The average Bonchev–Trinajstić information content (AvgIpc) is 3.11. The van der Waals surface area contributed by atoms with Gasteiger partial charge in [-0.1, -0.05) is 44.2 Å². The van der Waals surface area contributed by atoms with E-state index in [-0.39, 0.29) is 24.0 Å². The Morgan fingerprint density at radius 1 is 1.32 bits per heavy atom.